The largest absolute Gasteiger partial charge is 0.324 e. The summed E-state index contributed by atoms with van der Waals surface area (Å²) in [5, 5.41) is 2.80. The minimum atomic E-state index is -0.114. The second kappa shape index (κ2) is 9.64. The standard InChI is InChI=1S/C22H31N5O/c1-3-26(4-2)16-11-22(19-9-6-5-7-10-19)12-17-27(18-13-22)21(28)25-20-23-14-8-15-24-20/h5-10,14-15H,3-4,11-13,16-18H2,1-2H3,(H,23,24,25,28). The number of urea groups is 1. The van der Waals surface area contributed by atoms with Crippen molar-refractivity contribution in [1.82, 2.24) is 19.8 Å². The molecule has 2 amide bonds. The minimum Gasteiger partial charge on any atom is -0.324 e. The summed E-state index contributed by atoms with van der Waals surface area (Å²) in [4.78, 5) is 25.1. The number of nitrogens with one attached hydrogen (secondary N) is 1. The predicted molar refractivity (Wildman–Crippen MR) is 112 cm³/mol. The molecule has 1 aromatic heterocycles. The molecule has 0 spiro atoms. The Bertz CT molecular complexity index is 725. The number of hydrogen-bond donors (Lipinski definition) is 1. The van der Waals surface area contributed by atoms with E-state index in [1.165, 1.54) is 5.56 Å². The predicted octanol–water partition coefficient (Wildman–Crippen LogP) is 3.77. The summed E-state index contributed by atoms with van der Waals surface area (Å²) in [5.74, 6) is 0.355. The highest BCUT2D eigenvalue weighted by Gasteiger charge is 2.37. The Morgan fingerprint density at radius 2 is 1.71 bits per heavy atom. The molecule has 0 aliphatic carbocycles. The molecule has 2 heterocycles. The lowest BCUT2D eigenvalue weighted by Crippen LogP contribution is -2.48. The highest BCUT2D eigenvalue weighted by molar-refractivity contribution is 5.87. The van der Waals surface area contributed by atoms with Crippen molar-refractivity contribution in [2.24, 2.45) is 0 Å². The number of nitrogens with zero attached hydrogens (tertiary/aromatic N) is 4. The van der Waals surface area contributed by atoms with Gasteiger partial charge in [-0.2, -0.15) is 0 Å². The molecule has 1 aliphatic heterocycles. The van der Waals surface area contributed by atoms with Gasteiger partial charge < -0.3 is 9.80 Å². The van der Waals surface area contributed by atoms with Gasteiger partial charge in [0.1, 0.15) is 0 Å². The zero-order chi connectivity index (χ0) is 19.8. The molecule has 0 saturated carbocycles. The molecule has 1 fully saturated rings. The number of hydrogen-bond acceptors (Lipinski definition) is 4. The first-order valence-corrected chi connectivity index (χ1v) is 10.3. The molecular weight excluding hydrogens is 350 g/mol. The van der Waals surface area contributed by atoms with Crippen LogP contribution in [0, 0.1) is 0 Å². The number of benzene rings is 1. The Labute approximate surface area is 168 Å². The van der Waals surface area contributed by atoms with Gasteiger partial charge in [0.05, 0.1) is 0 Å². The van der Waals surface area contributed by atoms with Crippen molar-refractivity contribution >= 4 is 12.0 Å². The number of amides is 2. The first-order valence-electron chi connectivity index (χ1n) is 10.3. The van der Waals surface area contributed by atoms with Crippen molar-refractivity contribution in [2.75, 3.05) is 38.0 Å². The third-order valence-electron chi connectivity index (χ3n) is 5.98. The number of rotatable bonds is 7. The van der Waals surface area contributed by atoms with Crippen LogP contribution in [0.5, 0.6) is 0 Å². The lowest BCUT2D eigenvalue weighted by molar-refractivity contribution is 0.151. The fraction of sp³-hybridized carbons (Fsp3) is 0.500. The van der Waals surface area contributed by atoms with Gasteiger partial charge >= 0.3 is 6.03 Å². The maximum absolute atomic E-state index is 12.6. The third kappa shape index (κ3) is 4.87. The van der Waals surface area contributed by atoms with Gasteiger partial charge in [0.2, 0.25) is 5.95 Å². The van der Waals surface area contributed by atoms with Crippen LogP contribution in [-0.2, 0) is 5.41 Å². The van der Waals surface area contributed by atoms with Crippen LogP contribution in [0.15, 0.2) is 48.8 Å². The van der Waals surface area contributed by atoms with Crippen LogP contribution in [0.1, 0.15) is 38.7 Å². The smallest absolute Gasteiger partial charge is 0.324 e. The van der Waals surface area contributed by atoms with Crippen LogP contribution >= 0.6 is 0 Å². The average Bonchev–Trinajstić information content (AvgIpc) is 2.76. The van der Waals surface area contributed by atoms with Crippen LogP contribution in [-0.4, -0.2) is 58.5 Å². The average molecular weight is 382 g/mol. The second-order valence-corrected chi connectivity index (χ2v) is 7.41. The minimum absolute atomic E-state index is 0.114. The zero-order valence-corrected chi connectivity index (χ0v) is 17.0. The van der Waals surface area contributed by atoms with Gasteiger partial charge in [-0.3, -0.25) is 5.32 Å². The van der Waals surface area contributed by atoms with Crippen LogP contribution in [0.4, 0.5) is 10.7 Å². The summed E-state index contributed by atoms with van der Waals surface area (Å²) < 4.78 is 0. The van der Waals surface area contributed by atoms with Crippen molar-refractivity contribution in [3.05, 3.63) is 54.4 Å². The summed E-state index contributed by atoms with van der Waals surface area (Å²) in [6, 6.07) is 12.4. The summed E-state index contributed by atoms with van der Waals surface area (Å²) in [5.41, 5.74) is 1.53. The Kier molecular flexibility index (Phi) is 6.98. The maximum Gasteiger partial charge on any atom is 0.324 e. The Hall–Kier alpha value is -2.47. The zero-order valence-electron chi connectivity index (χ0n) is 17.0. The molecule has 3 rings (SSSR count). The van der Waals surface area contributed by atoms with Crippen LogP contribution in [0.2, 0.25) is 0 Å². The molecule has 0 radical (unpaired) electrons. The first kappa shape index (κ1) is 20.3. The third-order valence-corrected chi connectivity index (χ3v) is 5.98. The van der Waals surface area contributed by atoms with Gasteiger partial charge in [-0.25, -0.2) is 14.8 Å². The topological polar surface area (TPSA) is 61.4 Å². The van der Waals surface area contributed by atoms with Crippen LogP contribution in [0.3, 0.4) is 0 Å². The highest BCUT2D eigenvalue weighted by Crippen LogP contribution is 2.39. The van der Waals surface area contributed by atoms with E-state index in [0.717, 1.165) is 52.0 Å². The van der Waals surface area contributed by atoms with Crippen molar-refractivity contribution in [3.8, 4) is 0 Å². The van der Waals surface area contributed by atoms with E-state index in [9.17, 15) is 4.79 Å². The van der Waals surface area contributed by atoms with Gasteiger partial charge in [0.25, 0.3) is 0 Å². The van der Waals surface area contributed by atoms with E-state index in [0.29, 0.717) is 5.95 Å². The SMILES string of the molecule is CCN(CC)CCC1(c2ccccc2)CCN(C(=O)Nc2ncccn2)CC1. The first-order chi connectivity index (χ1) is 13.7. The molecule has 1 aromatic carbocycles. The summed E-state index contributed by atoms with van der Waals surface area (Å²) in [6.45, 7) is 9.16. The Morgan fingerprint density at radius 3 is 2.32 bits per heavy atom. The van der Waals surface area contributed by atoms with Crippen molar-refractivity contribution in [3.63, 3.8) is 0 Å². The number of aromatic nitrogens is 2. The van der Waals surface area contributed by atoms with Gasteiger partial charge in [-0.1, -0.05) is 44.2 Å². The molecule has 6 heteroatoms. The summed E-state index contributed by atoms with van der Waals surface area (Å²) in [6.07, 6.45) is 6.33. The number of anilines is 1. The van der Waals surface area contributed by atoms with Crippen LogP contribution < -0.4 is 5.32 Å². The molecule has 0 unspecified atom stereocenters. The van der Waals surface area contributed by atoms with Gasteiger partial charge in [0, 0.05) is 25.5 Å². The van der Waals surface area contributed by atoms with E-state index in [2.05, 4.69) is 64.4 Å². The number of carbonyl (C=O) groups excluding carboxylic acids is 1. The van der Waals surface area contributed by atoms with E-state index >= 15 is 0 Å². The van der Waals surface area contributed by atoms with Crippen molar-refractivity contribution in [2.45, 2.75) is 38.5 Å². The molecule has 150 valence electrons. The molecule has 2 aromatic rings. The monoisotopic (exact) mass is 381 g/mol. The highest BCUT2D eigenvalue weighted by atomic mass is 16.2. The lowest BCUT2D eigenvalue weighted by Gasteiger charge is -2.43. The van der Waals surface area contributed by atoms with Crippen molar-refractivity contribution in [1.29, 1.82) is 0 Å². The molecule has 1 N–H and O–H groups in total. The van der Waals surface area contributed by atoms with E-state index in [-0.39, 0.29) is 11.4 Å². The molecule has 1 saturated heterocycles. The molecule has 6 nitrogen and oxygen atoms in total. The molecular formula is C22H31N5O. The van der Waals surface area contributed by atoms with E-state index in [4.69, 9.17) is 0 Å². The van der Waals surface area contributed by atoms with Gasteiger partial charge in [-0.05, 0) is 55.9 Å². The fourth-order valence-electron chi connectivity index (χ4n) is 4.06. The second-order valence-electron chi connectivity index (χ2n) is 7.41. The van der Waals surface area contributed by atoms with Crippen molar-refractivity contribution < 1.29 is 4.79 Å². The van der Waals surface area contributed by atoms with E-state index in [1.54, 1.807) is 18.5 Å². The number of carbonyl (C=O) groups is 1. The normalized spacial score (nSPS) is 16.2. The quantitative estimate of drug-likeness (QED) is 0.793. The summed E-state index contributed by atoms with van der Waals surface area (Å²) in [7, 11) is 0. The lowest BCUT2D eigenvalue weighted by atomic mass is 9.70. The molecule has 1 aliphatic rings. The van der Waals surface area contributed by atoms with E-state index < -0.39 is 0 Å². The fourth-order valence-corrected chi connectivity index (χ4v) is 4.06. The van der Waals surface area contributed by atoms with Gasteiger partial charge in [-0.15, -0.1) is 0 Å². The molecule has 0 bridgehead atoms. The van der Waals surface area contributed by atoms with E-state index in [1.807, 2.05) is 4.90 Å². The molecule has 28 heavy (non-hydrogen) atoms. The van der Waals surface area contributed by atoms with Gasteiger partial charge in [0.15, 0.2) is 0 Å². The Morgan fingerprint density at radius 1 is 1.07 bits per heavy atom. The summed E-state index contributed by atoms with van der Waals surface area (Å²) >= 11 is 0. The Balaban J connectivity index is 1.67. The molecule has 0 atom stereocenters. The number of piperidine rings is 1. The maximum atomic E-state index is 12.6. The number of likely N-dealkylation sites (tertiary alicyclic amines) is 1. The van der Waals surface area contributed by atoms with Crippen LogP contribution in [0.25, 0.3) is 0 Å².